The van der Waals surface area contributed by atoms with Crippen LogP contribution in [0, 0.1) is 19.8 Å². The molecule has 0 unspecified atom stereocenters. The Balaban J connectivity index is 1.94. The van der Waals surface area contributed by atoms with Gasteiger partial charge in [-0.3, -0.25) is 4.79 Å². The normalized spacial score (nSPS) is 26.5. The van der Waals surface area contributed by atoms with E-state index in [1.807, 2.05) is 20.8 Å². The van der Waals surface area contributed by atoms with E-state index >= 15 is 0 Å². The van der Waals surface area contributed by atoms with Gasteiger partial charge in [-0.1, -0.05) is 0 Å². The number of aromatic nitrogens is 3. The molecule has 0 amide bonds. The van der Waals surface area contributed by atoms with Crippen LogP contribution in [-0.2, 0) is 16.1 Å². The van der Waals surface area contributed by atoms with E-state index in [0.29, 0.717) is 44.7 Å². The van der Waals surface area contributed by atoms with Gasteiger partial charge in [0.15, 0.2) is 0 Å². The number of carbonyl (C=O) groups excluding carboxylic acids is 1. The van der Waals surface area contributed by atoms with Gasteiger partial charge in [0, 0.05) is 0 Å². The maximum absolute atomic E-state index is 11.7. The minimum atomic E-state index is -0.798. The van der Waals surface area contributed by atoms with Gasteiger partial charge in [0.2, 0.25) is 0 Å². The van der Waals surface area contributed by atoms with Crippen molar-refractivity contribution in [1.82, 2.24) is 14.8 Å². The molecule has 6 heteroatoms. The number of ether oxygens (including phenoxy) is 1. The highest BCUT2D eigenvalue weighted by Gasteiger charge is 2.37. The van der Waals surface area contributed by atoms with E-state index in [4.69, 9.17) is 4.74 Å². The van der Waals surface area contributed by atoms with Crippen molar-refractivity contribution in [2.45, 2.75) is 58.6 Å². The predicted molar refractivity (Wildman–Crippen MR) is 73.0 cm³/mol. The Labute approximate surface area is 119 Å². The minimum absolute atomic E-state index is 0.0752. The monoisotopic (exact) mass is 281 g/mol. The van der Waals surface area contributed by atoms with Crippen molar-refractivity contribution in [3.8, 4) is 0 Å². The van der Waals surface area contributed by atoms with Crippen LogP contribution in [-0.4, -0.2) is 38.0 Å². The highest BCUT2D eigenvalue weighted by Crippen LogP contribution is 2.34. The van der Waals surface area contributed by atoms with Gasteiger partial charge in [0.1, 0.15) is 11.6 Å². The Hall–Kier alpha value is -1.43. The van der Waals surface area contributed by atoms with Crippen LogP contribution in [0.1, 0.15) is 44.3 Å². The third-order valence-corrected chi connectivity index (χ3v) is 3.94. The molecule has 1 aliphatic carbocycles. The molecule has 0 aromatic carbocycles. The Morgan fingerprint density at radius 3 is 2.60 bits per heavy atom. The molecule has 0 atom stereocenters. The molecule has 1 aromatic heterocycles. The second kappa shape index (κ2) is 5.91. The lowest BCUT2D eigenvalue weighted by Gasteiger charge is -2.35. The number of hydrogen-bond donors (Lipinski definition) is 1. The van der Waals surface area contributed by atoms with E-state index in [1.165, 1.54) is 0 Å². The first-order chi connectivity index (χ1) is 9.43. The number of rotatable bonds is 4. The van der Waals surface area contributed by atoms with Crippen LogP contribution >= 0.6 is 0 Å². The molecule has 1 heterocycles. The summed E-state index contributed by atoms with van der Waals surface area (Å²) in [5, 5.41) is 14.9. The zero-order valence-electron chi connectivity index (χ0n) is 12.4. The molecule has 1 aliphatic rings. The Kier molecular flexibility index (Phi) is 4.42. The molecule has 1 fully saturated rings. The number of carbonyl (C=O) groups is 1. The van der Waals surface area contributed by atoms with Gasteiger partial charge in [-0.25, -0.2) is 9.67 Å². The van der Waals surface area contributed by atoms with Gasteiger partial charge < -0.3 is 9.84 Å². The molecule has 0 spiro atoms. The number of esters is 1. The molecule has 2 rings (SSSR count). The van der Waals surface area contributed by atoms with Crippen molar-refractivity contribution < 1.29 is 14.6 Å². The van der Waals surface area contributed by atoms with E-state index in [1.54, 1.807) is 4.68 Å². The summed E-state index contributed by atoms with van der Waals surface area (Å²) in [6.07, 6.45) is 2.52. The second-order valence-corrected chi connectivity index (χ2v) is 5.61. The number of aliphatic hydroxyl groups is 1. The molecular formula is C14H23N3O3. The predicted octanol–water partition coefficient (Wildman–Crippen LogP) is 1.38. The molecule has 1 aromatic rings. The van der Waals surface area contributed by atoms with E-state index < -0.39 is 5.60 Å². The fourth-order valence-electron chi connectivity index (χ4n) is 2.80. The van der Waals surface area contributed by atoms with Crippen molar-refractivity contribution in [2.24, 2.45) is 5.92 Å². The summed E-state index contributed by atoms with van der Waals surface area (Å²) < 4.78 is 6.79. The molecule has 1 saturated carbocycles. The average molecular weight is 281 g/mol. The molecule has 20 heavy (non-hydrogen) atoms. The summed E-state index contributed by atoms with van der Waals surface area (Å²) in [6, 6.07) is 0. The first-order valence-corrected chi connectivity index (χ1v) is 7.20. The first kappa shape index (κ1) is 15.0. The van der Waals surface area contributed by atoms with Crippen LogP contribution in [0.25, 0.3) is 0 Å². The maximum atomic E-state index is 11.7. The van der Waals surface area contributed by atoms with Crippen molar-refractivity contribution in [3.05, 3.63) is 11.6 Å². The van der Waals surface area contributed by atoms with E-state index in [0.717, 1.165) is 5.82 Å². The Morgan fingerprint density at radius 2 is 2.10 bits per heavy atom. The summed E-state index contributed by atoms with van der Waals surface area (Å²) in [5.74, 6) is 1.31. The summed E-state index contributed by atoms with van der Waals surface area (Å²) in [4.78, 5) is 15.9. The third kappa shape index (κ3) is 3.36. The van der Waals surface area contributed by atoms with Gasteiger partial charge >= 0.3 is 5.97 Å². The van der Waals surface area contributed by atoms with Crippen LogP contribution in [0.5, 0.6) is 0 Å². The van der Waals surface area contributed by atoms with Gasteiger partial charge in [-0.05, 0) is 46.5 Å². The van der Waals surface area contributed by atoms with Gasteiger partial charge in [0.25, 0.3) is 0 Å². The molecule has 6 nitrogen and oxygen atoms in total. The molecular weight excluding hydrogens is 258 g/mol. The lowest BCUT2D eigenvalue weighted by Crippen LogP contribution is -2.40. The smallest absolute Gasteiger partial charge is 0.308 e. The quantitative estimate of drug-likeness (QED) is 0.844. The van der Waals surface area contributed by atoms with Crippen LogP contribution < -0.4 is 0 Å². The number of nitrogens with zero attached hydrogens (tertiary/aromatic N) is 3. The zero-order valence-corrected chi connectivity index (χ0v) is 12.4. The van der Waals surface area contributed by atoms with Gasteiger partial charge in [0.05, 0.1) is 24.7 Å². The molecule has 0 aliphatic heterocycles. The summed E-state index contributed by atoms with van der Waals surface area (Å²) in [6.45, 7) is 6.39. The standard InChI is InChI=1S/C14H23N3O3/c1-4-20-13(18)12-5-7-14(19,8-6-12)9-17-11(3)15-10(2)16-17/h12,19H,4-9H2,1-3H3. The Morgan fingerprint density at radius 1 is 1.45 bits per heavy atom. The van der Waals surface area contributed by atoms with E-state index in [9.17, 15) is 9.90 Å². The molecule has 1 N–H and O–H groups in total. The largest absolute Gasteiger partial charge is 0.466 e. The number of aryl methyl sites for hydroxylation is 2. The van der Waals surface area contributed by atoms with E-state index in [-0.39, 0.29) is 11.9 Å². The van der Waals surface area contributed by atoms with E-state index in [2.05, 4.69) is 10.1 Å². The van der Waals surface area contributed by atoms with Crippen LogP contribution in [0.2, 0.25) is 0 Å². The SMILES string of the molecule is CCOC(=O)C1CCC(O)(Cn2nc(C)nc2C)CC1. The topological polar surface area (TPSA) is 77.2 Å². The Bertz CT molecular complexity index is 476. The van der Waals surface area contributed by atoms with Gasteiger partial charge in [-0.15, -0.1) is 0 Å². The minimum Gasteiger partial charge on any atom is -0.466 e. The van der Waals surface area contributed by atoms with Crippen molar-refractivity contribution in [3.63, 3.8) is 0 Å². The lowest BCUT2D eigenvalue weighted by atomic mass is 9.79. The summed E-state index contributed by atoms with van der Waals surface area (Å²) >= 11 is 0. The van der Waals surface area contributed by atoms with Crippen LogP contribution in [0.4, 0.5) is 0 Å². The van der Waals surface area contributed by atoms with Gasteiger partial charge in [-0.2, -0.15) is 5.10 Å². The molecule has 0 bridgehead atoms. The second-order valence-electron chi connectivity index (χ2n) is 5.61. The third-order valence-electron chi connectivity index (χ3n) is 3.94. The zero-order chi connectivity index (χ0) is 14.8. The first-order valence-electron chi connectivity index (χ1n) is 7.20. The molecule has 0 saturated heterocycles. The van der Waals surface area contributed by atoms with Crippen molar-refractivity contribution in [1.29, 1.82) is 0 Å². The van der Waals surface area contributed by atoms with Crippen LogP contribution in [0.3, 0.4) is 0 Å². The molecule has 0 radical (unpaired) electrons. The average Bonchev–Trinajstić information content (AvgIpc) is 2.68. The fourth-order valence-corrected chi connectivity index (χ4v) is 2.80. The van der Waals surface area contributed by atoms with Crippen LogP contribution in [0.15, 0.2) is 0 Å². The highest BCUT2D eigenvalue weighted by atomic mass is 16.5. The number of hydrogen-bond acceptors (Lipinski definition) is 5. The molecule has 112 valence electrons. The maximum Gasteiger partial charge on any atom is 0.308 e. The lowest BCUT2D eigenvalue weighted by molar-refractivity contribution is -0.151. The highest BCUT2D eigenvalue weighted by molar-refractivity contribution is 5.72. The fraction of sp³-hybridized carbons (Fsp3) is 0.786. The summed E-state index contributed by atoms with van der Waals surface area (Å²) in [7, 11) is 0. The van der Waals surface area contributed by atoms with Crippen molar-refractivity contribution in [2.75, 3.05) is 6.61 Å². The summed E-state index contributed by atoms with van der Waals surface area (Å²) in [5.41, 5.74) is -0.798. The van der Waals surface area contributed by atoms with Crippen molar-refractivity contribution >= 4 is 5.97 Å².